The molecule has 2 N–H and O–H groups in total. The van der Waals surface area contributed by atoms with Crippen LogP contribution in [0, 0.1) is 0 Å². The molecule has 0 amide bonds. The second kappa shape index (κ2) is 7.49. The fourth-order valence-corrected chi connectivity index (χ4v) is 4.21. The first kappa shape index (κ1) is 20.8. The average molecular weight is 417 g/mol. The van der Waals surface area contributed by atoms with Crippen molar-refractivity contribution in [1.29, 1.82) is 0 Å². The third-order valence-corrected chi connectivity index (χ3v) is 6.68. The molecule has 10 heteroatoms. The number of halogens is 3. The van der Waals surface area contributed by atoms with Crippen LogP contribution in [0.1, 0.15) is 41.8 Å². The monoisotopic (exact) mass is 417 g/mol. The smallest absolute Gasteiger partial charge is 0.392 e. The largest absolute Gasteiger partial charge is 0.435 e. The van der Waals surface area contributed by atoms with Gasteiger partial charge in [0.1, 0.15) is 0 Å². The van der Waals surface area contributed by atoms with E-state index in [1.54, 1.807) is 19.9 Å². The molecule has 1 aliphatic carbocycles. The van der Waals surface area contributed by atoms with Crippen molar-refractivity contribution in [2.75, 3.05) is 0 Å². The predicted octanol–water partition coefficient (Wildman–Crippen LogP) is 2.24. The highest BCUT2D eigenvalue weighted by Crippen LogP contribution is 2.31. The highest BCUT2D eigenvalue weighted by molar-refractivity contribution is 7.90. The number of aliphatic hydroxyl groups is 1. The Morgan fingerprint density at radius 1 is 1.29 bits per heavy atom. The summed E-state index contributed by atoms with van der Waals surface area (Å²) in [6, 6.07) is 5.31. The van der Waals surface area contributed by atoms with Gasteiger partial charge < -0.3 is 5.11 Å². The highest BCUT2D eigenvalue weighted by Gasteiger charge is 2.37. The first-order chi connectivity index (χ1) is 13.0. The molecule has 2 aromatic rings. The molecule has 0 aliphatic heterocycles. The molecule has 0 fully saturated rings. The Morgan fingerprint density at radius 3 is 2.54 bits per heavy atom. The Morgan fingerprint density at radius 2 is 1.96 bits per heavy atom. The molecule has 1 aromatic heterocycles. The van der Waals surface area contributed by atoms with Crippen molar-refractivity contribution in [3.05, 3.63) is 52.3 Å². The summed E-state index contributed by atoms with van der Waals surface area (Å²) in [5.74, 6) is 0. The lowest BCUT2D eigenvalue weighted by Gasteiger charge is -2.14. The van der Waals surface area contributed by atoms with Crippen LogP contribution in [0.5, 0.6) is 0 Å². The van der Waals surface area contributed by atoms with Crippen LogP contribution in [0.15, 0.2) is 24.4 Å². The molecule has 0 saturated carbocycles. The van der Waals surface area contributed by atoms with Crippen LogP contribution in [-0.2, 0) is 42.2 Å². The minimum atomic E-state index is -4.62. The zero-order valence-corrected chi connectivity index (χ0v) is 16.3. The van der Waals surface area contributed by atoms with Gasteiger partial charge in [-0.3, -0.25) is 4.68 Å². The minimum absolute atomic E-state index is 0.124. The third kappa shape index (κ3) is 4.39. The Balaban J connectivity index is 1.75. The van der Waals surface area contributed by atoms with Crippen molar-refractivity contribution in [3.8, 4) is 0 Å². The van der Waals surface area contributed by atoms with E-state index in [1.807, 2.05) is 12.1 Å². The number of nitrogens with one attached hydrogen (secondary N) is 1. The zero-order valence-electron chi connectivity index (χ0n) is 15.5. The number of fused-ring (bicyclic) bond motifs is 1. The van der Waals surface area contributed by atoms with Crippen molar-refractivity contribution in [1.82, 2.24) is 14.5 Å². The molecule has 0 bridgehead atoms. The van der Waals surface area contributed by atoms with Gasteiger partial charge in [0.05, 0.1) is 18.4 Å². The average Bonchev–Trinajstić information content (AvgIpc) is 3.16. The van der Waals surface area contributed by atoms with Crippen LogP contribution in [0.2, 0.25) is 0 Å². The molecule has 1 aliphatic rings. The molecule has 28 heavy (non-hydrogen) atoms. The fourth-order valence-electron chi connectivity index (χ4n) is 3.31. The van der Waals surface area contributed by atoms with Crippen LogP contribution < -0.4 is 4.72 Å². The normalized spacial score (nSPS) is 17.3. The molecule has 1 atom stereocenters. The molecule has 3 rings (SSSR count). The predicted molar refractivity (Wildman–Crippen MR) is 97.1 cm³/mol. The molecular formula is C18H22F3N3O3S. The van der Waals surface area contributed by atoms with E-state index in [0.29, 0.717) is 12.8 Å². The highest BCUT2D eigenvalue weighted by atomic mass is 32.2. The lowest BCUT2D eigenvalue weighted by atomic mass is 10.1. The summed E-state index contributed by atoms with van der Waals surface area (Å²) in [6.07, 6.45) is -2.32. The molecule has 0 saturated heterocycles. The van der Waals surface area contributed by atoms with Crippen LogP contribution >= 0.6 is 0 Å². The van der Waals surface area contributed by atoms with Crippen LogP contribution in [0.25, 0.3) is 0 Å². The van der Waals surface area contributed by atoms with Gasteiger partial charge in [0, 0.05) is 17.8 Å². The second-order valence-electron chi connectivity index (χ2n) is 7.28. The quantitative estimate of drug-likeness (QED) is 0.755. The minimum Gasteiger partial charge on any atom is -0.392 e. The van der Waals surface area contributed by atoms with Gasteiger partial charge in [-0.2, -0.15) is 18.3 Å². The Kier molecular flexibility index (Phi) is 5.57. The van der Waals surface area contributed by atoms with E-state index in [0.717, 1.165) is 21.4 Å². The summed E-state index contributed by atoms with van der Waals surface area (Å²) >= 11 is 0. The first-order valence-electron chi connectivity index (χ1n) is 8.86. The molecule has 0 spiro atoms. The molecule has 6 nitrogen and oxygen atoms in total. The van der Waals surface area contributed by atoms with Gasteiger partial charge in [0.2, 0.25) is 10.0 Å². The van der Waals surface area contributed by atoms with E-state index in [4.69, 9.17) is 5.11 Å². The van der Waals surface area contributed by atoms with Crippen molar-refractivity contribution >= 4 is 10.0 Å². The number of aliphatic hydroxyl groups excluding tert-OH is 1. The molecule has 1 heterocycles. The number of rotatable bonds is 6. The number of aromatic nitrogens is 2. The van der Waals surface area contributed by atoms with Crippen LogP contribution in [0.3, 0.4) is 0 Å². The zero-order chi connectivity index (χ0) is 20.7. The van der Waals surface area contributed by atoms with E-state index in [-0.39, 0.29) is 18.2 Å². The van der Waals surface area contributed by atoms with E-state index >= 15 is 0 Å². The number of benzene rings is 1. The summed E-state index contributed by atoms with van der Waals surface area (Å²) in [5.41, 5.74) is 1.40. The summed E-state index contributed by atoms with van der Waals surface area (Å²) < 4.78 is 66.9. The maximum Gasteiger partial charge on any atom is 0.435 e. The molecule has 1 aromatic carbocycles. The van der Waals surface area contributed by atoms with E-state index in [9.17, 15) is 21.6 Å². The lowest BCUT2D eigenvalue weighted by Crippen LogP contribution is -2.39. The van der Waals surface area contributed by atoms with Crippen LogP contribution in [-0.4, -0.2) is 34.6 Å². The molecular weight excluding hydrogens is 395 g/mol. The Labute approximate surface area is 161 Å². The lowest BCUT2D eigenvalue weighted by molar-refractivity contribution is -0.142. The molecule has 154 valence electrons. The number of nitrogens with zero attached hydrogens (tertiary/aromatic N) is 2. The van der Waals surface area contributed by atoms with Gasteiger partial charge in [-0.1, -0.05) is 18.2 Å². The second-order valence-corrected chi connectivity index (χ2v) is 9.54. The maximum absolute atomic E-state index is 13.0. The number of sulfonamides is 1. The SMILES string of the molecule is CC(C)S(=O)(=O)N[C@H]1Cc2ccc(Cn3cc(CO)c(C(F)(F)F)n3)cc2C1. The molecule has 0 unspecified atom stereocenters. The summed E-state index contributed by atoms with van der Waals surface area (Å²) in [4.78, 5) is 0. The Bertz CT molecular complexity index is 968. The van der Waals surface area contributed by atoms with Gasteiger partial charge >= 0.3 is 6.18 Å². The summed E-state index contributed by atoms with van der Waals surface area (Å²) in [6.45, 7) is 2.61. The van der Waals surface area contributed by atoms with Crippen molar-refractivity contribution in [3.63, 3.8) is 0 Å². The fraction of sp³-hybridized carbons (Fsp3) is 0.500. The molecule has 0 radical (unpaired) electrons. The van der Waals surface area contributed by atoms with Gasteiger partial charge in [-0.15, -0.1) is 0 Å². The van der Waals surface area contributed by atoms with E-state index < -0.39 is 33.8 Å². The van der Waals surface area contributed by atoms with Crippen molar-refractivity contribution in [2.24, 2.45) is 0 Å². The maximum atomic E-state index is 13.0. The van der Waals surface area contributed by atoms with Gasteiger partial charge in [0.15, 0.2) is 5.69 Å². The summed E-state index contributed by atoms with van der Waals surface area (Å²) in [5, 5.41) is 12.2. The van der Waals surface area contributed by atoms with E-state index in [2.05, 4.69) is 9.82 Å². The van der Waals surface area contributed by atoms with Gasteiger partial charge in [-0.25, -0.2) is 13.1 Å². The topological polar surface area (TPSA) is 84.2 Å². The number of hydrogen-bond donors (Lipinski definition) is 2. The van der Waals surface area contributed by atoms with Crippen LogP contribution in [0.4, 0.5) is 13.2 Å². The van der Waals surface area contributed by atoms with Crippen molar-refractivity contribution < 1.29 is 26.7 Å². The first-order valence-corrected chi connectivity index (χ1v) is 10.4. The standard InChI is InChI=1S/C18H22F3N3O3S/c1-11(2)28(26,27)23-16-6-13-4-3-12(5-14(13)7-16)8-24-9-15(10-25)17(22-24)18(19,20)21/h3-5,9,11,16,23,25H,6-8,10H2,1-2H3/t16-/m0/s1. The van der Waals surface area contributed by atoms with E-state index in [1.165, 1.54) is 6.20 Å². The van der Waals surface area contributed by atoms with Crippen molar-refractivity contribution in [2.45, 2.75) is 57.3 Å². The van der Waals surface area contributed by atoms with Gasteiger partial charge in [0.25, 0.3) is 0 Å². The summed E-state index contributed by atoms with van der Waals surface area (Å²) in [7, 11) is -3.37. The Hall–Kier alpha value is -1.91. The number of alkyl halides is 3. The number of hydrogen-bond acceptors (Lipinski definition) is 4. The van der Waals surface area contributed by atoms with Gasteiger partial charge in [-0.05, 0) is 43.4 Å². The third-order valence-electron chi connectivity index (χ3n) is 4.78.